The summed E-state index contributed by atoms with van der Waals surface area (Å²) in [6, 6.07) is 16.2. The molecule has 1 aliphatic carbocycles. The number of aliphatic hydroxyl groups excluding tert-OH is 1. The molecule has 4 aliphatic heterocycles. The number of esters is 2. The van der Waals surface area contributed by atoms with Crippen LogP contribution in [0.2, 0.25) is 0 Å². The third-order valence-electron chi connectivity index (χ3n) is 9.61. The number of hydrogen-bond acceptors (Lipinski definition) is 10. The first-order valence-corrected chi connectivity index (χ1v) is 18.0. The van der Waals surface area contributed by atoms with Gasteiger partial charge in [0.2, 0.25) is 0 Å². The predicted molar refractivity (Wildman–Crippen MR) is 180 cm³/mol. The highest BCUT2D eigenvalue weighted by molar-refractivity contribution is 8.01. The van der Waals surface area contributed by atoms with E-state index in [1.54, 1.807) is 64.8 Å². The van der Waals surface area contributed by atoms with Crippen LogP contribution in [0.1, 0.15) is 30.1 Å². The molecule has 2 aromatic carbocycles. The maximum atomic E-state index is 15.1. The van der Waals surface area contributed by atoms with E-state index < -0.39 is 52.1 Å². The Kier molecular flexibility index (Phi) is 8.51. The molecule has 248 valence electrons. The second-order valence-electron chi connectivity index (χ2n) is 12.2. The first kappa shape index (κ1) is 32.3. The second kappa shape index (κ2) is 12.6. The van der Waals surface area contributed by atoms with E-state index in [4.69, 9.17) is 14.2 Å². The fourth-order valence-corrected chi connectivity index (χ4v) is 9.37. The normalized spacial score (nSPS) is 30.6. The fraction of sp³-hybridized carbons (Fsp3) is 0.333. The van der Waals surface area contributed by atoms with Crippen LogP contribution in [0.25, 0.3) is 0 Å². The molecule has 10 nitrogen and oxygen atoms in total. The molecule has 3 saturated heterocycles. The molecule has 0 saturated carbocycles. The van der Waals surface area contributed by atoms with Gasteiger partial charge in [-0.05, 0) is 46.9 Å². The minimum Gasteiger partial charge on any atom is -0.473 e. The Bertz CT molecular complexity index is 1760. The highest BCUT2D eigenvalue weighted by Gasteiger charge is 2.73. The summed E-state index contributed by atoms with van der Waals surface area (Å²) >= 11 is 2.50. The van der Waals surface area contributed by atoms with Gasteiger partial charge in [-0.25, -0.2) is 4.79 Å². The number of thioether (sulfide) groups is 2. The van der Waals surface area contributed by atoms with E-state index in [-0.39, 0.29) is 31.1 Å². The molecule has 0 radical (unpaired) electrons. The quantitative estimate of drug-likeness (QED) is 0.407. The smallest absolute Gasteiger partial charge is 0.340 e. The zero-order valence-electron chi connectivity index (χ0n) is 26.3. The van der Waals surface area contributed by atoms with E-state index >= 15 is 9.59 Å². The summed E-state index contributed by atoms with van der Waals surface area (Å²) in [7, 11) is 0. The summed E-state index contributed by atoms with van der Waals surface area (Å²) in [4.78, 5) is 57.0. The number of ether oxygens (including phenoxy) is 3. The highest BCUT2D eigenvalue weighted by Crippen LogP contribution is 2.59. The highest BCUT2D eigenvalue weighted by atomic mass is 32.2. The van der Waals surface area contributed by atoms with E-state index in [9.17, 15) is 14.7 Å². The van der Waals surface area contributed by atoms with Crippen molar-refractivity contribution < 1.29 is 38.5 Å². The van der Waals surface area contributed by atoms with Crippen LogP contribution in [0.3, 0.4) is 0 Å². The van der Waals surface area contributed by atoms with Crippen molar-refractivity contribution in [1.82, 2.24) is 9.80 Å². The average Bonchev–Trinajstić information content (AvgIpc) is 3.57. The van der Waals surface area contributed by atoms with E-state index in [1.165, 1.54) is 42.1 Å². The van der Waals surface area contributed by atoms with Crippen LogP contribution in [-0.4, -0.2) is 85.2 Å². The van der Waals surface area contributed by atoms with Crippen molar-refractivity contribution in [3.8, 4) is 0 Å². The number of aliphatic hydroxyl groups is 1. The number of hydrogen-bond donors (Lipinski definition) is 1. The number of benzene rings is 2. The number of carbonyl (C=O) groups excluding carboxylic acids is 4. The number of piperazine rings is 1. The minimum atomic E-state index is -1.55. The Balaban J connectivity index is 1.22. The molecule has 0 spiro atoms. The van der Waals surface area contributed by atoms with Crippen LogP contribution < -0.4 is 0 Å². The molecule has 1 unspecified atom stereocenters. The molecule has 7 rings (SSSR count). The molecule has 48 heavy (non-hydrogen) atoms. The third kappa shape index (κ3) is 5.08. The van der Waals surface area contributed by atoms with Crippen LogP contribution in [0.5, 0.6) is 0 Å². The standard InChI is InChI=1S/C36H34N2O8S2/c1-47-35-19-24-14-9-15-26(45-28(39)18-22-10-5-3-6-11-22)29(24)37(35)34(43)36(48-2)20-25-21-44-17-16-27(30(25)38(36)33(35)42)46-32(41)31(40)23-12-7-4-8-13-23/h3-17,21,26-27,29-31,40H,18-20H2,1-2H3/t26-,27-,29-,30-,31?,35+,36+/m0/s1. The second-order valence-corrected chi connectivity index (χ2v) is 14.4. The summed E-state index contributed by atoms with van der Waals surface area (Å²) in [5.74, 6) is -1.94. The van der Waals surface area contributed by atoms with Crippen LogP contribution >= 0.6 is 23.5 Å². The van der Waals surface area contributed by atoms with Gasteiger partial charge in [-0.15, -0.1) is 23.5 Å². The first-order valence-electron chi connectivity index (χ1n) is 15.6. The van der Waals surface area contributed by atoms with Gasteiger partial charge in [-0.1, -0.05) is 72.8 Å². The van der Waals surface area contributed by atoms with E-state index in [0.29, 0.717) is 11.1 Å². The largest absolute Gasteiger partial charge is 0.473 e. The summed E-state index contributed by atoms with van der Waals surface area (Å²) in [5.41, 5.74) is 2.60. The first-order chi connectivity index (χ1) is 23.2. The van der Waals surface area contributed by atoms with Crippen molar-refractivity contribution in [2.75, 3.05) is 12.5 Å². The Labute approximate surface area is 286 Å². The van der Waals surface area contributed by atoms with Gasteiger partial charge in [0.1, 0.15) is 12.2 Å². The number of amides is 2. The van der Waals surface area contributed by atoms with Crippen molar-refractivity contribution >= 4 is 47.3 Å². The zero-order chi connectivity index (χ0) is 33.6. The van der Waals surface area contributed by atoms with E-state index in [2.05, 4.69) is 0 Å². The Morgan fingerprint density at radius 3 is 2.10 bits per heavy atom. The number of nitrogens with zero attached hydrogens (tertiary/aromatic N) is 2. The van der Waals surface area contributed by atoms with Crippen molar-refractivity contribution in [1.29, 1.82) is 0 Å². The maximum absolute atomic E-state index is 15.1. The van der Waals surface area contributed by atoms with Crippen molar-refractivity contribution in [3.63, 3.8) is 0 Å². The van der Waals surface area contributed by atoms with Crippen molar-refractivity contribution in [2.24, 2.45) is 0 Å². The Morgan fingerprint density at radius 2 is 1.46 bits per heavy atom. The van der Waals surface area contributed by atoms with Gasteiger partial charge < -0.3 is 29.1 Å². The number of rotatable bonds is 8. The maximum Gasteiger partial charge on any atom is 0.340 e. The lowest BCUT2D eigenvalue weighted by molar-refractivity contribution is -0.173. The molecule has 5 aliphatic rings. The molecule has 12 heteroatoms. The van der Waals surface area contributed by atoms with Gasteiger partial charge in [0.15, 0.2) is 15.8 Å². The van der Waals surface area contributed by atoms with Crippen molar-refractivity contribution in [3.05, 3.63) is 120 Å². The van der Waals surface area contributed by atoms with Crippen LogP contribution in [0, 0.1) is 0 Å². The monoisotopic (exact) mass is 686 g/mol. The summed E-state index contributed by atoms with van der Waals surface area (Å²) < 4.78 is 17.5. The fourth-order valence-electron chi connectivity index (χ4n) is 7.41. The molecule has 2 aromatic rings. The molecular formula is C36H34N2O8S2. The average molecular weight is 687 g/mol. The van der Waals surface area contributed by atoms with Gasteiger partial charge in [-0.3, -0.25) is 14.4 Å². The van der Waals surface area contributed by atoms with Crippen LogP contribution in [0.15, 0.2) is 109 Å². The summed E-state index contributed by atoms with van der Waals surface area (Å²) in [6.45, 7) is 0. The molecule has 4 heterocycles. The number of carbonyl (C=O) groups is 4. The van der Waals surface area contributed by atoms with Crippen LogP contribution in [0.4, 0.5) is 0 Å². The molecule has 1 N–H and O–H groups in total. The topological polar surface area (TPSA) is 123 Å². The molecule has 0 aromatic heterocycles. The summed E-state index contributed by atoms with van der Waals surface area (Å²) in [5, 5.41) is 10.8. The van der Waals surface area contributed by atoms with Crippen molar-refractivity contribution in [2.45, 2.75) is 59.4 Å². The van der Waals surface area contributed by atoms with Gasteiger partial charge in [-0.2, -0.15) is 0 Å². The number of fused-ring (bicyclic) bond motifs is 6. The molecule has 7 atom stereocenters. The molecule has 0 bridgehead atoms. The summed E-state index contributed by atoms with van der Waals surface area (Å²) in [6.07, 6.45) is 10.5. The van der Waals surface area contributed by atoms with Gasteiger partial charge in [0, 0.05) is 12.8 Å². The molecular weight excluding hydrogens is 653 g/mol. The molecule has 2 amide bonds. The Morgan fingerprint density at radius 1 is 0.875 bits per heavy atom. The minimum absolute atomic E-state index is 0.0719. The third-order valence-corrected chi connectivity index (χ3v) is 12.0. The van der Waals surface area contributed by atoms with Crippen LogP contribution in [-0.2, 0) is 39.8 Å². The van der Waals surface area contributed by atoms with Gasteiger partial charge >= 0.3 is 11.9 Å². The lowest BCUT2D eigenvalue weighted by Crippen LogP contribution is -2.74. The lowest BCUT2D eigenvalue weighted by atomic mass is 9.96. The number of allylic oxidation sites excluding steroid dienone is 2. The zero-order valence-corrected chi connectivity index (χ0v) is 27.9. The lowest BCUT2D eigenvalue weighted by Gasteiger charge is -2.54. The Hall–Kier alpha value is -4.26. The van der Waals surface area contributed by atoms with Gasteiger partial charge in [0.25, 0.3) is 11.8 Å². The van der Waals surface area contributed by atoms with E-state index in [1.807, 2.05) is 36.4 Å². The van der Waals surface area contributed by atoms with E-state index in [0.717, 1.165) is 11.1 Å². The van der Waals surface area contributed by atoms with Gasteiger partial charge in [0.05, 0.1) is 31.0 Å². The SMILES string of the molecule is CS[C@@]12CC3=CC=C[C@H](OC(=O)Cc4ccccc4)[C@H]3N1C(=O)[C@]1(SC)CC3=COC=C[C@H](OC(=O)C(O)c4ccccc4)[C@H]3N1C2=O. The predicted octanol–water partition coefficient (Wildman–Crippen LogP) is 4.04. The molecule has 3 fully saturated rings.